The summed E-state index contributed by atoms with van der Waals surface area (Å²) >= 11 is 0. The van der Waals surface area contributed by atoms with E-state index in [0.717, 1.165) is 37.4 Å². The number of benzene rings is 2. The van der Waals surface area contributed by atoms with Gasteiger partial charge in [0.05, 0.1) is 10.5 Å². The molecule has 198 valence electrons. The van der Waals surface area contributed by atoms with Gasteiger partial charge in [0.25, 0.3) is 21.8 Å². The topological polar surface area (TPSA) is 141 Å². The van der Waals surface area contributed by atoms with Crippen LogP contribution in [0.25, 0.3) is 0 Å². The maximum atomic E-state index is 12.7. The Labute approximate surface area is 220 Å². The minimum Gasteiger partial charge on any atom is -0.431 e. The smallest absolute Gasteiger partial charge is 0.431 e. The third-order valence-corrected chi connectivity index (χ3v) is 7.29. The number of nitrogens with one attached hydrogen (secondary N) is 2. The van der Waals surface area contributed by atoms with Crippen LogP contribution in [0.2, 0.25) is 0 Å². The van der Waals surface area contributed by atoms with Gasteiger partial charge in [-0.05, 0) is 68.0 Å². The molecule has 1 fully saturated rings. The summed E-state index contributed by atoms with van der Waals surface area (Å²) in [6, 6.07) is 17.5. The van der Waals surface area contributed by atoms with Crippen LogP contribution in [0, 0.1) is 0 Å². The highest BCUT2D eigenvalue weighted by molar-refractivity contribution is 7.90. The highest BCUT2D eigenvalue weighted by Crippen LogP contribution is 2.21. The number of sulfonamides is 1. The van der Waals surface area contributed by atoms with Crippen molar-refractivity contribution in [1.29, 1.82) is 0 Å². The van der Waals surface area contributed by atoms with Crippen molar-refractivity contribution in [2.45, 2.75) is 43.1 Å². The van der Waals surface area contributed by atoms with E-state index in [0.29, 0.717) is 13.0 Å². The first-order valence-electron chi connectivity index (χ1n) is 12.1. The molecule has 38 heavy (non-hydrogen) atoms. The summed E-state index contributed by atoms with van der Waals surface area (Å²) in [5.74, 6) is -1.33. The second-order valence-electron chi connectivity index (χ2n) is 8.71. The van der Waals surface area contributed by atoms with Crippen molar-refractivity contribution in [2.75, 3.05) is 6.54 Å². The number of hydrogen-bond acceptors (Lipinski definition) is 8. The summed E-state index contributed by atoms with van der Waals surface area (Å²) in [5, 5.41) is 2.79. The van der Waals surface area contributed by atoms with Crippen molar-refractivity contribution < 1.29 is 32.3 Å². The van der Waals surface area contributed by atoms with Crippen LogP contribution in [0.1, 0.15) is 52.0 Å². The van der Waals surface area contributed by atoms with E-state index in [1.165, 1.54) is 36.4 Å². The summed E-state index contributed by atoms with van der Waals surface area (Å²) in [6.45, 7) is 0.429. The molecular weight excluding hydrogens is 510 g/mol. The van der Waals surface area contributed by atoms with Crippen molar-refractivity contribution in [1.82, 2.24) is 15.0 Å². The molecule has 1 saturated carbocycles. The maximum Gasteiger partial charge on any atom is 0.515 e. The Morgan fingerprint density at radius 1 is 0.868 bits per heavy atom. The summed E-state index contributed by atoms with van der Waals surface area (Å²) < 4.78 is 37.5. The molecular formula is C27H27N3O7S. The van der Waals surface area contributed by atoms with Gasteiger partial charge in [0.1, 0.15) is 6.10 Å². The molecule has 4 rings (SSSR count). The van der Waals surface area contributed by atoms with Crippen LogP contribution in [0.15, 0.2) is 77.8 Å². The molecule has 1 aliphatic carbocycles. The van der Waals surface area contributed by atoms with E-state index >= 15 is 0 Å². The number of rotatable bonds is 9. The average Bonchev–Trinajstić information content (AvgIpc) is 3.42. The fourth-order valence-electron chi connectivity index (χ4n) is 3.92. The van der Waals surface area contributed by atoms with Crippen LogP contribution in [0.3, 0.4) is 0 Å². The number of nitrogens with zero attached hydrogens (tertiary/aromatic N) is 1. The minimum absolute atomic E-state index is 0.0560. The molecule has 10 nitrogen and oxygen atoms in total. The number of ether oxygens (including phenoxy) is 2. The molecule has 1 heterocycles. The van der Waals surface area contributed by atoms with Gasteiger partial charge in [-0.3, -0.25) is 9.59 Å². The lowest BCUT2D eigenvalue weighted by Crippen LogP contribution is -2.31. The molecule has 1 aliphatic rings. The van der Waals surface area contributed by atoms with E-state index in [4.69, 9.17) is 9.47 Å². The van der Waals surface area contributed by atoms with Gasteiger partial charge in [0, 0.05) is 24.4 Å². The monoisotopic (exact) mass is 537 g/mol. The number of pyridine rings is 1. The molecule has 2 N–H and O–H groups in total. The van der Waals surface area contributed by atoms with Crippen molar-refractivity contribution in [3.63, 3.8) is 0 Å². The van der Waals surface area contributed by atoms with Crippen LogP contribution in [0.4, 0.5) is 4.79 Å². The van der Waals surface area contributed by atoms with Crippen LogP contribution in [-0.4, -0.2) is 44.0 Å². The second kappa shape index (κ2) is 12.3. The molecule has 2 amide bonds. The third-order valence-electron chi connectivity index (χ3n) is 5.95. The molecule has 0 spiro atoms. The summed E-state index contributed by atoms with van der Waals surface area (Å²) in [5.41, 5.74) is 1.32. The maximum absolute atomic E-state index is 12.7. The van der Waals surface area contributed by atoms with Crippen molar-refractivity contribution >= 4 is 28.0 Å². The van der Waals surface area contributed by atoms with E-state index in [1.807, 2.05) is 35.1 Å². The minimum atomic E-state index is -4.21. The third kappa shape index (κ3) is 7.39. The highest BCUT2D eigenvalue weighted by Gasteiger charge is 2.22. The molecule has 2 aromatic carbocycles. The van der Waals surface area contributed by atoms with Gasteiger partial charge in [0.2, 0.25) is 5.88 Å². The van der Waals surface area contributed by atoms with Gasteiger partial charge in [0.15, 0.2) is 0 Å². The van der Waals surface area contributed by atoms with E-state index < -0.39 is 22.1 Å². The molecule has 0 atom stereocenters. The normalized spacial score (nSPS) is 13.5. The first-order valence-corrected chi connectivity index (χ1v) is 13.6. The van der Waals surface area contributed by atoms with Crippen LogP contribution < -0.4 is 14.8 Å². The quantitative estimate of drug-likeness (QED) is 0.394. The Morgan fingerprint density at radius 2 is 1.55 bits per heavy atom. The van der Waals surface area contributed by atoms with Crippen LogP contribution in [-0.2, 0) is 21.2 Å². The fourth-order valence-corrected chi connectivity index (χ4v) is 4.89. The Hall–Kier alpha value is -4.25. The van der Waals surface area contributed by atoms with Crippen molar-refractivity contribution in [3.8, 4) is 5.88 Å². The average molecular weight is 538 g/mol. The Morgan fingerprint density at radius 3 is 2.21 bits per heavy atom. The molecule has 0 unspecified atom stereocenters. The zero-order chi connectivity index (χ0) is 27.0. The number of carbonyl (C=O) groups excluding carboxylic acids is 3. The van der Waals surface area contributed by atoms with E-state index in [-0.39, 0.29) is 33.9 Å². The van der Waals surface area contributed by atoms with Gasteiger partial charge in [-0.2, -0.15) is 0 Å². The number of amides is 2. The molecule has 0 saturated heterocycles. The second-order valence-corrected chi connectivity index (χ2v) is 10.4. The standard InChI is InChI=1S/C27H27N3O7S/c31-25(28-17-16-19-6-2-1-3-7-19)20-10-13-23(14-11-20)38(34,35)30-26(32)21-12-15-24(29-18-21)37-27(33)36-22-8-4-5-9-22/h1-3,6-7,10-15,18,22H,4-5,8-9,16-17H2,(H,28,31)(H,30,32). The van der Waals surface area contributed by atoms with Crippen molar-refractivity contribution in [2.24, 2.45) is 0 Å². The Kier molecular flexibility index (Phi) is 8.70. The van der Waals surface area contributed by atoms with E-state index in [2.05, 4.69) is 10.3 Å². The lowest BCUT2D eigenvalue weighted by Gasteiger charge is -2.11. The SMILES string of the molecule is O=C(Oc1ccc(C(=O)NS(=O)(=O)c2ccc(C(=O)NCCc3ccccc3)cc2)cn1)OC1CCCC1. The zero-order valence-corrected chi connectivity index (χ0v) is 21.3. The van der Waals surface area contributed by atoms with Gasteiger partial charge in [-0.25, -0.2) is 22.9 Å². The largest absolute Gasteiger partial charge is 0.515 e. The predicted octanol–water partition coefficient (Wildman–Crippen LogP) is 3.63. The number of aromatic nitrogens is 1. The highest BCUT2D eigenvalue weighted by atomic mass is 32.2. The Balaban J connectivity index is 1.28. The summed E-state index contributed by atoms with van der Waals surface area (Å²) in [4.78, 5) is 40.4. The van der Waals surface area contributed by atoms with Crippen molar-refractivity contribution in [3.05, 3.63) is 89.6 Å². The molecule has 0 bridgehead atoms. The number of carbonyl (C=O) groups is 3. The molecule has 1 aromatic heterocycles. The van der Waals surface area contributed by atoms with Gasteiger partial charge in [-0.15, -0.1) is 0 Å². The first-order chi connectivity index (χ1) is 18.3. The lowest BCUT2D eigenvalue weighted by molar-refractivity contribution is 0.0600. The predicted molar refractivity (Wildman–Crippen MR) is 137 cm³/mol. The first kappa shape index (κ1) is 26.8. The Bertz CT molecular complexity index is 1370. The molecule has 0 radical (unpaired) electrons. The van der Waals surface area contributed by atoms with E-state index in [1.54, 1.807) is 0 Å². The molecule has 0 aliphatic heterocycles. The van der Waals surface area contributed by atoms with Gasteiger partial charge < -0.3 is 14.8 Å². The van der Waals surface area contributed by atoms with Gasteiger partial charge in [-0.1, -0.05) is 30.3 Å². The van der Waals surface area contributed by atoms with Gasteiger partial charge >= 0.3 is 6.16 Å². The number of hydrogen-bond donors (Lipinski definition) is 2. The van der Waals surface area contributed by atoms with E-state index in [9.17, 15) is 22.8 Å². The summed E-state index contributed by atoms with van der Waals surface area (Å²) in [7, 11) is -4.21. The van der Waals surface area contributed by atoms with Crippen LogP contribution in [0.5, 0.6) is 5.88 Å². The lowest BCUT2D eigenvalue weighted by atomic mass is 10.1. The zero-order valence-electron chi connectivity index (χ0n) is 20.5. The summed E-state index contributed by atoms with van der Waals surface area (Å²) in [6.07, 6.45) is 4.29. The fraction of sp³-hybridized carbons (Fsp3) is 0.259. The molecule has 11 heteroatoms. The van der Waals surface area contributed by atoms with Crippen LogP contribution >= 0.6 is 0 Å². The molecule has 3 aromatic rings.